The lowest BCUT2D eigenvalue weighted by atomic mass is 10.1. The van der Waals surface area contributed by atoms with E-state index in [2.05, 4.69) is 15.3 Å². The van der Waals surface area contributed by atoms with Crippen molar-refractivity contribution < 1.29 is 22.9 Å². The molecule has 1 aliphatic rings. The minimum absolute atomic E-state index is 0.0263. The molecule has 0 aliphatic carbocycles. The Kier molecular flexibility index (Phi) is 6.10. The van der Waals surface area contributed by atoms with Gasteiger partial charge >= 0.3 is 0 Å². The predicted molar refractivity (Wildman–Crippen MR) is 123 cm³/mol. The number of thioether (sulfide) groups is 1. The van der Waals surface area contributed by atoms with Crippen molar-refractivity contribution in [3.05, 3.63) is 105 Å². The number of nitro groups is 1. The van der Waals surface area contributed by atoms with E-state index in [9.17, 15) is 18.9 Å². The minimum Gasteiger partial charge on any atom is -0.486 e. The number of fused-ring (bicyclic) bond motifs is 1. The number of hydrogen-bond donors (Lipinski definition) is 0. The van der Waals surface area contributed by atoms with Gasteiger partial charge in [-0.15, -0.1) is 10.2 Å². The van der Waals surface area contributed by atoms with Gasteiger partial charge in [-0.3, -0.25) is 10.1 Å². The molecule has 12 heteroatoms. The van der Waals surface area contributed by atoms with E-state index in [-0.39, 0.29) is 17.5 Å². The molecule has 0 bridgehead atoms. The van der Waals surface area contributed by atoms with Crippen LogP contribution in [0, 0.1) is 10.1 Å². The van der Waals surface area contributed by atoms with Crippen LogP contribution in [0.5, 0.6) is 5.75 Å². The van der Waals surface area contributed by atoms with Gasteiger partial charge < -0.3 is 9.15 Å². The fourth-order valence-electron chi connectivity index (χ4n) is 3.26. The molecule has 5 rings (SSSR count). The van der Waals surface area contributed by atoms with Crippen LogP contribution in [0.25, 0.3) is 6.08 Å². The first-order chi connectivity index (χ1) is 17.0. The van der Waals surface area contributed by atoms with Crippen LogP contribution in [0.15, 0.2) is 86.3 Å². The van der Waals surface area contributed by atoms with E-state index in [1.807, 2.05) is 30.3 Å². The van der Waals surface area contributed by atoms with Gasteiger partial charge in [-0.1, -0.05) is 30.3 Å². The molecular formula is C23H15F2N5O4S. The summed E-state index contributed by atoms with van der Waals surface area (Å²) in [6, 6.07) is 18.4. The maximum absolute atomic E-state index is 13.3. The molecule has 9 nitrogen and oxygen atoms in total. The molecule has 2 aromatic carbocycles. The van der Waals surface area contributed by atoms with Gasteiger partial charge in [0.1, 0.15) is 29.6 Å². The van der Waals surface area contributed by atoms with E-state index in [1.165, 1.54) is 24.3 Å². The summed E-state index contributed by atoms with van der Waals surface area (Å²) in [5, 5.41) is 22.8. The van der Waals surface area contributed by atoms with Crippen LogP contribution in [0.4, 0.5) is 14.5 Å². The normalized spacial score (nSPS) is 14.1. The molecule has 3 heterocycles. The SMILES string of the molecule is O=[N+]([O-])c1ccc(OCc2ccc(/C=C3\Sc4nnc(C(F)F)n4N=C3c3ccccc3)o2)cc1. The molecule has 0 fully saturated rings. The van der Waals surface area contributed by atoms with Gasteiger partial charge in [-0.05, 0) is 42.1 Å². The van der Waals surface area contributed by atoms with Crippen LogP contribution in [0.3, 0.4) is 0 Å². The number of halogens is 2. The average molecular weight is 495 g/mol. The van der Waals surface area contributed by atoms with Gasteiger partial charge in [0.15, 0.2) is 0 Å². The number of allylic oxidation sites excluding steroid dienone is 1. The van der Waals surface area contributed by atoms with Crippen LogP contribution in [-0.2, 0) is 6.61 Å². The Labute approximate surface area is 200 Å². The molecule has 4 aromatic rings. The number of rotatable bonds is 7. The first kappa shape index (κ1) is 22.5. The van der Waals surface area contributed by atoms with Crippen LogP contribution >= 0.6 is 11.8 Å². The second kappa shape index (κ2) is 9.50. The highest BCUT2D eigenvalue weighted by Crippen LogP contribution is 2.36. The van der Waals surface area contributed by atoms with Gasteiger partial charge in [0, 0.05) is 22.6 Å². The number of nitro benzene ring substituents is 1. The standard InChI is InChI=1S/C23H15F2N5O4S/c24-21(25)22-26-27-23-29(22)28-20(14-4-2-1-3-5-14)19(35-23)12-17-10-11-18(34-17)13-33-16-8-6-15(7-9-16)30(31)32/h1-12,21H,13H2/b19-12-. The summed E-state index contributed by atoms with van der Waals surface area (Å²) in [6.45, 7) is 0.111. The van der Waals surface area contributed by atoms with E-state index in [4.69, 9.17) is 9.15 Å². The number of ether oxygens (including phenoxy) is 1. The third-order valence-corrected chi connectivity index (χ3v) is 5.87. The Balaban J connectivity index is 1.39. The third-order valence-electron chi connectivity index (χ3n) is 4.90. The number of hydrogen-bond acceptors (Lipinski definition) is 8. The molecule has 35 heavy (non-hydrogen) atoms. The van der Waals surface area contributed by atoms with Crippen molar-refractivity contribution in [1.82, 2.24) is 14.9 Å². The van der Waals surface area contributed by atoms with Crippen molar-refractivity contribution in [1.29, 1.82) is 0 Å². The topological polar surface area (TPSA) is 109 Å². The zero-order valence-electron chi connectivity index (χ0n) is 17.7. The molecule has 0 unspecified atom stereocenters. The van der Waals surface area contributed by atoms with Crippen molar-refractivity contribution in [3.8, 4) is 5.75 Å². The van der Waals surface area contributed by atoms with E-state index >= 15 is 0 Å². The van der Waals surface area contributed by atoms with Crippen molar-refractivity contribution in [3.63, 3.8) is 0 Å². The molecule has 0 radical (unpaired) electrons. The largest absolute Gasteiger partial charge is 0.486 e. The first-order valence-corrected chi connectivity index (χ1v) is 11.0. The summed E-state index contributed by atoms with van der Waals surface area (Å²) in [5.74, 6) is 0.962. The van der Waals surface area contributed by atoms with Gasteiger partial charge in [0.25, 0.3) is 12.1 Å². The third kappa shape index (κ3) is 4.82. The van der Waals surface area contributed by atoms with Crippen molar-refractivity contribution in [2.24, 2.45) is 5.10 Å². The number of furan rings is 1. The maximum atomic E-state index is 13.3. The molecule has 1 aliphatic heterocycles. The zero-order valence-corrected chi connectivity index (χ0v) is 18.6. The van der Waals surface area contributed by atoms with Crippen molar-refractivity contribution in [2.45, 2.75) is 18.2 Å². The fourth-order valence-corrected chi connectivity index (χ4v) is 4.19. The quantitative estimate of drug-likeness (QED) is 0.239. The molecule has 0 saturated heterocycles. The first-order valence-electron chi connectivity index (χ1n) is 10.2. The lowest BCUT2D eigenvalue weighted by Gasteiger charge is -2.16. The highest BCUT2D eigenvalue weighted by Gasteiger charge is 2.27. The van der Waals surface area contributed by atoms with E-state index in [1.54, 1.807) is 18.2 Å². The van der Waals surface area contributed by atoms with E-state index < -0.39 is 17.2 Å². The van der Waals surface area contributed by atoms with E-state index in [0.717, 1.165) is 22.0 Å². The summed E-state index contributed by atoms with van der Waals surface area (Å²) >= 11 is 1.16. The van der Waals surface area contributed by atoms with E-state index in [0.29, 0.717) is 27.9 Å². The zero-order chi connectivity index (χ0) is 24.4. The number of alkyl halides is 2. The monoisotopic (exact) mass is 495 g/mol. The Hall–Kier alpha value is -4.32. The molecule has 176 valence electrons. The summed E-state index contributed by atoms with van der Waals surface area (Å²) in [7, 11) is 0. The molecule has 0 spiro atoms. The Morgan fingerprint density at radius 2 is 1.86 bits per heavy atom. The predicted octanol–water partition coefficient (Wildman–Crippen LogP) is 5.70. The van der Waals surface area contributed by atoms with Gasteiger partial charge in [0.05, 0.1) is 4.92 Å². The van der Waals surface area contributed by atoms with Crippen LogP contribution in [0.2, 0.25) is 0 Å². The highest BCUT2D eigenvalue weighted by atomic mass is 32.2. The number of non-ortho nitro benzene ring substituents is 1. The summed E-state index contributed by atoms with van der Waals surface area (Å²) < 4.78 is 39.2. The smallest absolute Gasteiger partial charge is 0.299 e. The Morgan fingerprint density at radius 3 is 2.57 bits per heavy atom. The van der Waals surface area contributed by atoms with Gasteiger partial charge in [-0.25, -0.2) is 8.78 Å². The average Bonchev–Trinajstić information content (AvgIpc) is 3.49. The number of nitrogens with zero attached hydrogens (tertiary/aromatic N) is 5. The highest BCUT2D eigenvalue weighted by molar-refractivity contribution is 8.04. The van der Waals surface area contributed by atoms with Gasteiger partial charge in [0.2, 0.25) is 11.0 Å². The molecule has 0 amide bonds. The molecular weight excluding hydrogens is 480 g/mol. The van der Waals surface area contributed by atoms with Crippen molar-refractivity contribution >= 4 is 29.2 Å². The summed E-state index contributed by atoms with van der Waals surface area (Å²) in [6.07, 6.45) is -1.07. The molecule has 2 aromatic heterocycles. The lowest BCUT2D eigenvalue weighted by Crippen LogP contribution is -2.13. The summed E-state index contributed by atoms with van der Waals surface area (Å²) in [5.41, 5.74) is 1.19. The molecule has 0 saturated carbocycles. The minimum atomic E-state index is -2.81. The Morgan fingerprint density at radius 1 is 1.09 bits per heavy atom. The summed E-state index contributed by atoms with van der Waals surface area (Å²) in [4.78, 5) is 10.9. The molecule has 0 N–H and O–H groups in total. The number of aromatic nitrogens is 3. The Bertz CT molecular complexity index is 1430. The fraction of sp³-hybridized carbons (Fsp3) is 0.0870. The van der Waals surface area contributed by atoms with Crippen LogP contribution < -0.4 is 4.74 Å². The number of benzene rings is 2. The van der Waals surface area contributed by atoms with Crippen molar-refractivity contribution in [2.75, 3.05) is 0 Å². The van der Waals surface area contributed by atoms with Crippen LogP contribution in [-0.4, -0.2) is 25.5 Å². The van der Waals surface area contributed by atoms with Gasteiger partial charge in [-0.2, -0.15) is 9.78 Å². The molecule has 0 atom stereocenters. The second-order valence-corrected chi connectivity index (χ2v) is 8.23. The second-order valence-electron chi connectivity index (χ2n) is 7.22. The van der Waals surface area contributed by atoms with Crippen LogP contribution in [0.1, 0.15) is 29.3 Å². The maximum Gasteiger partial charge on any atom is 0.299 e. The lowest BCUT2D eigenvalue weighted by molar-refractivity contribution is -0.384.